The lowest BCUT2D eigenvalue weighted by Gasteiger charge is -2.19. The van der Waals surface area contributed by atoms with Crippen molar-refractivity contribution in [3.63, 3.8) is 0 Å². The SMILES string of the molecule is CC(N)=O.O=C(CO)[C@H](O)[C@@H](O)[C@H](O)CO. The van der Waals surface area contributed by atoms with E-state index < -0.39 is 37.3 Å². The molecule has 0 radical (unpaired) electrons. The van der Waals surface area contributed by atoms with Gasteiger partial charge in [-0.25, -0.2) is 0 Å². The number of aliphatic hydroxyl groups excluding tert-OH is 5. The number of hydrogen-bond donors (Lipinski definition) is 6. The summed E-state index contributed by atoms with van der Waals surface area (Å²) in [5.74, 6) is -1.34. The van der Waals surface area contributed by atoms with E-state index in [0.717, 1.165) is 0 Å². The van der Waals surface area contributed by atoms with Gasteiger partial charge in [-0.2, -0.15) is 0 Å². The summed E-state index contributed by atoms with van der Waals surface area (Å²) in [5.41, 5.74) is 4.47. The number of Topliss-reactive ketones (excluding diaryl/α,β-unsaturated/α-hetero) is 1. The van der Waals surface area contributed by atoms with Crippen LogP contribution < -0.4 is 5.73 Å². The van der Waals surface area contributed by atoms with E-state index in [2.05, 4.69) is 5.73 Å². The molecule has 0 fully saturated rings. The third-order valence-corrected chi connectivity index (χ3v) is 1.39. The molecule has 16 heavy (non-hydrogen) atoms. The Morgan fingerprint density at radius 2 is 1.56 bits per heavy atom. The lowest BCUT2D eigenvalue weighted by Crippen LogP contribution is -2.44. The van der Waals surface area contributed by atoms with Crippen LogP contribution in [0.2, 0.25) is 0 Å². The minimum absolute atomic E-state index is 0.333. The van der Waals surface area contributed by atoms with Gasteiger partial charge in [0, 0.05) is 6.92 Å². The molecular formula is C8H17NO7. The number of aliphatic hydroxyl groups is 5. The van der Waals surface area contributed by atoms with Crippen molar-refractivity contribution in [3.8, 4) is 0 Å². The number of nitrogens with two attached hydrogens (primary N) is 1. The fraction of sp³-hybridized carbons (Fsp3) is 0.750. The van der Waals surface area contributed by atoms with Crippen LogP contribution >= 0.6 is 0 Å². The molecule has 0 aromatic rings. The van der Waals surface area contributed by atoms with Crippen LogP contribution in [0.15, 0.2) is 0 Å². The third kappa shape index (κ3) is 8.26. The van der Waals surface area contributed by atoms with Crippen LogP contribution in [-0.2, 0) is 9.59 Å². The molecule has 0 aromatic carbocycles. The summed E-state index contributed by atoms with van der Waals surface area (Å²) in [4.78, 5) is 19.7. The second kappa shape index (κ2) is 9.19. The van der Waals surface area contributed by atoms with E-state index >= 15 is 0 Å². The highest BCUT2D eigenvalue weighted by atomic mass is 16.4. The molecule has 8 nitrogen and oxygen atoms in total. The number of ketones is 1. The van der Waals surface area contributed by atoms with Crippen LogP contribution in [0, 0.1) is 0 Å². The number of hydrogen-bond acceptors (Lipinski definition) is 7. The summed E-state index contributed by atoms with van der Waals surface area (Å²) in [5, 5.41) is 43.1. The highest BCUT2D eigenvalue weighted by molar-refractivity contribution is 5.84. The van der Waals surface area contributed by atoms with Crippen LogP contribution in [0.25, 0.3) is 0 Å². The van der Waals surface area contributed by atoms with E-state index in [9.17, 15) is 9.59 Å². The van der Waals surface area contributed by atoms with Crippen LogP contribution in [0.3, 0.4) is 0 Å². The van der Waals surface area contributed by atoms with E-state index in [4.69, 9.17) is 25.5 Å². The summed E-state index contributed by atoms with van der Waals surface area (Å²) < 4.78 is 0. The molecule has 0 rings (SSSR count). The largest absolute Gasteiger partial charge is 0.394 e. The summed E-state index contributed by atoms with van der Waals surface area (Å²) in [6.07, 6.45) is -5.22. The van der Waals surface area contributed by atoms with Crippen molar-refractivity contribution in [1.82, 2.24) is 0 Å². The molecule has 0 aliphatic heterocycles. The molecule has 0 bridgehead atoms. The predicted molar refractivity (Wildman–Crippen MR) is 52.1 cm³/mol. The molecule has 0 saturated carbocycles. The van der Waals surface area contributed by atoms with Gasteiger partial charge in [-0.3, -0.25) is 9.59 Å². The maximum Gasteiger partial charge on any atom is 0.214 e. The Bertz CT molecular complexity index is 216. The molecule has 0 heterocycles. The Hall–Kier alpha value is -1.06. The van der Waals surface area contributed by atoms with Gasteiger partial charge >= 0.3 is 0 Å². The Kier molecular flexibility index (Phi) is 9.96. The standard InChI is InChI=1S/C6H12O6.C2H5NO/c7-1-3(9)5(11)6(12)4(10)2-8;1-2(3)4/h3,5-9,11-12H,1-2H2;1H3,(H2,3,4)/t3-,5+,6+;/m1./s1. The molecule has 1 amide bonds. The summed E-state index contributed by atoms with van der Waals surface area (Å²) in [7, 11) is 0. The lowest BCUT2D eigenvalue weighted by atomic mass is 10.1. The molecular weight excluding hydrogens is 222 g/mol. The number of carbonyl (C=O) groups excluding carboxylic acids is 2. The van der Waals surface area contributed by atoms with Gasteiger partial charge in [-0.15, -0.1) is 0 Å². The normalized spacial score (nSPS) is 15.4. The Morgan fingerprint density at radius 1 is 1.19 bits per heavy atom. The van der Waals surface area contributed by atoms with Crippen molar-refractivity contribution >= 4 is 11.7 Å². The van der Waals surface area contributed by atoms with Crippen LogP contribution in [-0.4, -0.2) is 68.7 Å². The van der Waals surface area contributed by atoms with Crippen molar-refractivity contribution in [1.29, 1.82) is 0 Å². The molecule has 0 unspecified atom stereocenters. The predicted octanol–water partition coefficient (Wildman–Crippen LogP) is -3.89. The third-order valence-electron chi connectivity index (χ3n) is 1.39. The topological polar surface area (TPSA) is 161 Å². The number of amides is 1. The number of rotatable bonds is 5. The molecule has 0 aromatic heterocycles. The van der Waals surface area contributed by atoms with Crippen molar-refractivity contribution in [3.05, 3.63) is 0 Å². The molecule has 7 N–H and O–H groups in total. The molecule has 0 saturated heterocycles. The zero-order chi connectivity index (χ0) is 13.3. The average molecular weight is 239 g/mol. The van der Waals surface area contributed by atoms with Gasteiger partial charge in [-0.1, -0.05) is 0 Å². The van der Waals surface area contributed by atoms with Crippen molar-refractivity contribution in [2.45, 2.75) is 25.2 Å². The Morgan fingerprint density at radius 3 is 1.81 bits per heavy atom. The minimum atomic E-state index is -1.86. The quantitative estimate of drug-likeness (QED) is 0.286. The first-order chi connectivity index (χ1) is 7.27. The van der Waals surface area contributed by atoms with Crippen molar-refractivity contribution in [2.24, 2.45) is 5.73 Å². The van der Waals surface area contributed by atoms with E-state index in [1.54, 1.807) is 0 Å². The van der Waals surface area contributed by atoms with Gasteiger partial charge in [0.15, 0.2) is 5.78 Å². The van der Waals surface area contributed by atoms with Gasteiger partial charge in [0.05, 0.1) is 6.61 Å². The molecule has 0 spiro atoms. The lowest BCUT2D eigenvalue weighted by molar-refractivity contribution is -0.142. The van der Waals surface area contributed by atoms with E-state index in [1.807, 2.05) is 0 Å². The number of carbonyl (C=O) groups is 2. The molecule has 96 valence electrons. The highest BCUT2D eigenvalue weighted by Crippen LogP contribution is 2.00. The maximum absolute atomic E-state index is 10.5. The molecule has 0 aliphatic carbocycles. The average Bonchev–Trinajstić information content (AvgIpc) is 2.24. The summed E-state index contributed by atoms with van der Waals surface area (Å²) in [6.45, 7) is -0.382. The first-order valence-electron chi connectivity index (χ1n) is 4.32. The second-order valence-electron chi connectivity index (χ2n) is 2.92. The zero-order valence-electron chi connectivity index (χ0n) is 8.78. The monoisotopic (exact) mass is 239 g/mol. The van der Waals surface area contributed by atoms with Gasteiger partial charge in [0.25, 0.3) is 0 Å². The van der Waals surface area contributed by atoms with E-state index in [1.165, 1.54) is 6.92 Å². The number of primary amides is 1. The van der Waals surface area contributed by atoms with Gasteiger partial charge in [0.2, 0.25) is 5.91 Å². The first kappa shape index (κ1) is 17.3. The fourth-order valence-corrected chi connectivity index (χ4v) is 0.602. The van der Waals surface area contributed by atoms with E-state index in [0.29, 0.717) is 0 Å². The molecule has 8 heteroatoms. The maximum atomic E-state index is 10.5. The second-order valence-corrected chi connectivity index (χ2v) is 2.92. The van der Waals surface area contributed by atoms with Crippen molar-refractivity contribution in [2.75, 3.05) is 13.2 Å². The van der Waals surface area contributed by atoms with E-state index in [-0.39, 0.29) is 5.91 Å². The zero-order valence-corrected chi connectivity index (χ0v) is 8.78. The van der Waals surface area contributed by atoms with Crippen LogP contribution in [0.5, 0.6) is 0 Å². The van der Waals surface area contributed by atoms with Gasteiger partial charge < -0.3 is 31.3 Å². The molecule has 0 aliphatic rings. The Labute approximate surface area is 91.9 Å². The van der Waals surface area contributed by atoms with Crippen molar-refractivity contribution < 1.29 is 35.1 Å². The summed E-state index contributed by atoms with van der Waals surface area (Å²) in [6, 6.07) is 0. The van der Waals surface area contributed by atoms with Crippen LogP contribution in [0.4, 0.5) is 0 Å². The first-order valence-corrected chi connectivity index (χ1v) is 4.32. The Balaban J connectivity index is 0. The fourth-order valence-electron chi connectivity index (χ4n) is 0.602. The van der Waals surface area contributed by atoms with Gasteiger partial charge in [-0.05, 0) is 0 Å². The van der Waals surface area contributed by atoms with Crippen LogP contribution in [0.1, 0.15) is 6.92 Å². The highest BCUT2D eigenvalue weighted by Gasteiger charge is 2.28. The smallest absolute Gasteiger partial charge is 0.214 e. The van der Waals surface area contributed by atoms with Gasteiger partial charge in [0.1, 0.15) is 24.9 Å². The molecule has 3 atom stereocenters. The minimum Gasteiger partial charge on any atom is -0.394 e. The summed E-state index contributed by atoms with van der Waals surface area (Å²) >= 11 is 0.